The van der Waals surface area contributed by atoms with Crippen molar-refractivity contribution in [3.05, 3.63) is 22.2 Å². The summed E-state index contributed by atoms with van der Waals surface area (Å²) in [5, 5.41) is -0.123. The summed E-state index contributed by atoms with van der Waals surface area (Å²) < 4.78 is 9.66. The summed E-state index contributed by atoms with van der Waals surface area (Å²) in [5.41, 5.74) is 7.34. The minimum Gasteiger partial charge on any atom is -0.466 e. The van der Waals surface area contributed by atoms with Crippen molar-refractivity contribution in [1.29, 1.82) is 0 Å². The van der Waals surface area contributed by atoms with E-state index in [1.54, 1.807) is 16.5 Å². The number of rotatable bonds is 5. The Morgan fingerprint density at radius 1 is 1.54 bits per heavy atom. The molecule has 26 heavy (non-hydrogen) atoms. The molecule has 140 valence electrons. The van der Waals surface area contributed by atoms with Crippen LogP contribution < -0.4 is 5.73 Å². The zero-order valence-corrected chi connectivity index (χ0v) is 16.0. The van der Waals surface area contributed by atoms with Crippen molar-refractivity contribution in [3.8, 4) is 0 Å². The maximum Gasteiger partial charge on any atom is 0.344 e. The number of thiazole rings is 1. The summed E-state index contributed by atoms with van der Waals surface area (Å²) in [6, 6.07) is -0.531. The first-order valence-electron chi connectivity index (χ1n) is 7.89. The minimum absolute atomic E-state index is 0.123. The number of esters is 2. The van der Waals surface area contributed by atoms with Gasteiger partial charge in [-0.2, -0.15) is 0 Å². The Hall–Kier alpha value is -1.91. The molecule has 1 amide bonds. The average Bonchev–Trinajstić information content (AvgIpc) is 3.07. The molecule has 1 aromatic rings. The molecule has 0 spiro atoms. The van der Waals surface area contributed by atoms with Crippen LogP contribution in [0.4, 0.5) is 0 Å². The molecule has 3 heterocycles. The number of carbonyl (C=O) groups excluding carboxylic acids is 3. The lowest BCUT2D eigenvalue weighted by Crippen LogP contribution is -2.72. The van der Waals surface area contributed by atoms with Gasteiger partial charge in [0.05, 0.1) is 18.3 Å². The Morgan fingerprint density at radius 3 is 2.96 bits per heavy atom. The predicted octanol–water partition coefficient (Wildman–Crippen LogP) is 0.410. The van der Waals surface area contributed by atoms with Gasteiger partial charge >= 0.3 is 11.9 Å². The third kappa shape index (κ3) is 3.36. The Bertz CT molecular complexity index is 765. The summed E-state index contributed by atoms with van der Waals surface area (Å²) in [6.07, 6.45) is 3.56. The second-order valence-electron chi connectivity index (χ2n) is 6.14. The number of amides is 1. The van der Waals surface area contributed by atoms with Gasteiger partial charge in [0.15, 0.2) is 6.61 Å². The molecule has 2 unspecified atom stereocenters. The minimum atomic E-state index is -1.05. The van der Waals surface area contributed by atoms with Crippen molar-refractivity contribution in [3.63, 3.8) is 0 Å². The molecule has 3 atom stereocenters. The van der Waals surface area contributed by atoms with Gasteiger partial charge in [0, 0.05) is 17.2 Å². The normalized spacial score (nSPS) is 27.8. The van der Waals surface area contributed by atoms with Crippen LogP contribution in [-0.4, -0.2) is 65.2 Å². The van der Waals surface area contributed by atoms with Gasteiger partial charge in [-0.25, -0.2) is 9.78 Å². The summed E-state index contributed by atoms with van der Waals surface area (Å²) in [7, 11) is 1.22. The standard InChI is InChI=1S/C16H19N3O5S2/c1-9-10(26-8-18-9)3-4-16(15(22)24-5-11(20)23-2)6-19-13(21)12(17)14(19)25-7-16/h3-4,8,12,14H,5-7,17H2,1-2H3/t12?,14-,16?/m1/s1. The van der Waals surface area contributed by atoms with Crippen LogP contribution in [0, 0.1) is 12.3 Å². The number of β-lactam (4-membered cyclic amide) rings is 1. The molecule has 0 aliphatic carbocycles. The van der Waals surface area contributed by atoms with Gasteiger partial charge in [-0.1, -0.05) is 6.08 Å². The van der Waals surface area contributed by atoms with Crippen molar-refractivity contribution in [2.24, 2.45) is 11.1 Å². The van der Waals surface area contributed by atoms with E-state index in [4.69, 9.17) is 10.5 Å². The maximum atomic E-state index is 12.8. The second-order valence-corrected chi connectivity index (χ2v) is 8.13. The van der Waals surface area contributed by atoms with Gasteiger partial charge in [-0.3, -0.25) is 9.59 Å². The van der Waals surface area contributed by atoms with E-state index in [9.17, 15) is 14.4 Å². The second kappa shape index (κ2) is 7.37. The number of fused-ring (bicyclic) bond motifs is 1. The molecule has 3 rings (SSSR count). The fraction of sp³-hybridized carbons (Fsp3) is 0.500. The molecule has 2 aliphatic heterocycles. The van der Waals surface area contributed by atoms with Gasteiger partial charge in [0.25, 0.3) is 0 Å². The number of carbonyl (C=O) groups is 3. The number of hydrogen-bond donors (Lipinski definition) is 1. The lowest BCUT2D eigenvalue weighted by Gasteiger charge is -2.52. The molecule has 0 radical (unpaired) electrons. The quantitative estimate of drug-likeness (QED) is 0.562. The molecule has 2 fully saturated rings. The highest BCUT2D eigenvalue weighted by Gasteiger charge is 2.55. The van der Waals surface area contributed by atoms with Crippen LogP contribution in [0.1, 0.15) is 10.6 Å². The van der Waals surface area contributed by atoms with E-state index >= 15 is 0 Å². The lowest BCUT2D eigenvalue weighted by molar-refractivity contribution is -0.165. The topological polar surface area (TPSA) is 112 Å². The van der Waals surface area contributed by atoms with Crippen LogP contribution >= 0.6 is 23.1 Å². The third-order valence-electron chi connectivity index (χ3n) is 4.44. The summed E-state index contributed by atoms with van der Waals surface area (Å²) >= 11 is 2.90. The van der Waals surface area contributed by atoms with Crippen molar-refractivity contribution in [2.75, 3.05) is 26.0 Å². The Morgan fingerprint density at radius 2 is 2.31 bits per heavy atom. The lowest BCUT2D eigenvalue weighted by atomic mass is 9.86. The predicted molar refractivity (Wildman–Crippen MR) is 97.2 cm³/mol. The maximum absolute atomic E-state index is 12.8. The largest absolute Gasteiger partial charge is 0.466 e. The zero-order valence-electron chi connectivity index (χ0n) is 14.3. The number of thioether (sulfide) groups is 1. The first-order chi connectivity index (χ1) is 12.4. The van der Waals surface area contributed by atoms with Gasteiger partial charge in [-0.15, -0.1) is 23.1 Å². The van der Waals surface area contributed by atoms with Gasteiger partial charge < -0.3 is 20.1 Å². The molecule has 2 saturated heterocycles. The van der Waals surface area contributed by atoms with Crippen molar-refractivity contribution in [1.82, 2.24) is 9.88 Å². The van der Waals surface area contributed by atoms with E-state index in [2.05, 4.69) is 9.72 Å². The van der Waals surface area contributed by atoms with E-state index in [1.165, 1.54) is 30.2 Å². The molecular formula is C16H19N3O5S2. The summed E-state index contributed by atoms with van der Waals surface area (Å²) in [4.78, 5) is 42.8. The van der Waals surface area contributed by atoms with Crippen molar-refractivity contribution in [2.45, 2.75) is 18.3 Å². The summed E-state index contributed by atoms with van der Waals surface area (Å²) in [5.74, 6) is -0.988. The Kier molecular flexibility index (Phi) is 5.35. The zero-order chi connectivity index (χ0) is 18.9. The number of hydrogen-bond acceptors (Lipinski definition) is 9. The molecule has 0 bridgehead atoms. The van der Waals surface area contributed by atoms with E-state index < -0.39 is 30.0 Å². The number of aryl methyl sites for hydroxylation is 1. The fourth-order valence-electron chi connectivity index (χ4n) is 2.82. The van der Waals surface area contributed by atoms with Crippen molar-refractivity contribution < 1.29 is 23.9 Å². The van der Waals surface area contributed by atoms with E-state index in [1.807, 2.05) is 13.0 Å². The monoisotopic (exact) mass is 397 g/mol. The molecule has 2 aliphatic rings. The highest BCUT2D eigenvalue weighted by Crippen LogP contribution is 2.43. The molecule has 2 N–H and O–H groups in total. The number of aromatic nitrogens is 1. The van der Waals surface area contributed by atoms with Crippen LogP contribution in [0.5, 0.6) is 0 Å². The smallest absolute Gasteiger partial charge is 0.344 e. The molecule has 1 aromatic heterocycles. The molecule has 10 heteroatoms. The van der Waals surface area contributed by atoms with Gasteiger partial charge in [-0.05, 0) is 13.0 Å². The van der Waals surface area contributed by atoms with Crippen LogP contribution in [0.25, 0.3) is 6.08 Å². The van der Waals surface area contributed by atoms with E-state index in [0.29, 0.717) is 5.75 Å². The summed E-state index contributed by atoms with van der Waals surface area (Å²) in [6.45, 7) is 1.58. The van der Waals surface area contributed by atoms with E-state index in [-0.39, 0.29) is 17.8 Å². The molecule has 0 saturated carbocycles. The molecule has 0 aromatic carbocycles. The number of nitrogens with zero attached hydrogens (tertiary/aromatic N) is 2. The first-order valence-corrected chi connectivity index (χ1v) is 9.82. The van der Waals surface area contributed by atoms with E-state index in [0.717, 1.165) is 10.6 Å². The first kappa shape index (κ1) is 18.9. The Balaban J connectivity index is 1.83. The van der Waals surface area contributed by atoms with Gasteiger partial charge in [0.1, 0.15) is 16.8 Å². The van der Waals surface area contributed by atoms with Crippen molar-refractivity contribution >= 4 is 47.0 Å². The fourth-order valence-corrected chi connectivity index (χ4v) is 4.97. The third-order valence-corrected chi connectivity index (χ3v) is 6.91. The average molecular weight is 397 g/mol. The number of nitrogens with two attached hydrogens (primary N) is 1. The van der Waals surface area contributed by atoms with Crippen LogP contribution in [0.2, 0.25) is 0 Å². The van der Waals surface area contributed by atoms with Crippen LogP contribution in [-0.2, 0) is 23.9 Å². The Labute approximate surface area is 158 Å². The number of ether oxygens (including phenoxy) is 2. The highest BCUT2D eigenvalue weighted by atomic mass is 32.2. The van der Waals surface area contributed by atoms with Gasteiger partial charge in [0.2, 0.25) is 5.91 Å². The van der Waals surface area contributed by atoms with Crippen LogP contribution in [0.15, 0.2) is 11.6 Å². The molecule has 8 nitrogen and oxygen atoms in total. The highest BCUT2D eigenvalue weighted by molar-refractivity contribution is 8.00. The SMILES string of the molecule is COC(=O)COC(=O)C1(C=Cc2scnc2C)CS[C@@H]2C(N)C(=O)N2C1. The number of methoxy groups -OCH3 is 1. The van der Waals surface area contributed by atoms with Crippen LogP contribution in [0.3, 0.4) is 0 Å². The molecular weight excluding hydrogens is 378 g/mol.